The quantitative estimate of drug-likeness (QED) is 0.779. The molecule has 0 bridgehead atoms. The molecular weight excluding hydrogens is 185 g/mol. The fourth-order valence-electron chi connectivity index (χ4n) is 1.09. The van der Waals surface area contributed by atoms with Crippen molar-refractivity contribution in [2.75, 3.05) is 0 Å². The van der Waals surface area contributed by atoms with Crippen molar-refractivity contribution < 1.29 is 17.7 Å². The monoisotopic (exact) mass is 194 g/mol. The SMILES string of the molecule is CCc1c(C(F)(F)F)noc1CN. The highest BCUT2D eigenvalue weighted by Gasteiger charge is 2.38. The van der Waals surface area contributed by atoms with Crippen LogP contribution in [0.1, 0.15) is 23.9 Å². The van der Waals surface area contributed by atoms with E-state index < -0.39 is 11.9 Å². The Hall–Kier alpha value is -1.04. The van der Waals surface area contributed by atoms with Gasteiger partial charge in [0.1, 0.15) is 0 Å². The summed E-state index contributed by atoms with van der Waals surface area (Å²) in [5.41, 5.74) is 4.27. The van der Waals surface area contributed by atoms with Gasteiger partial charge in [0.15, 0.2) is 11.5 Å². The van der Waals surface area contributed by atoms with Crippen molar-refractivity contribution in [1.29, 1.82) is 0 Å². The largest absolute Gasteiger partial charge is 0.437 e. The average Bonchev–Trinajstić information content (AvgIpc) is 2.45. The van der Waals surface area contributed by atoms with Crippen molar-refractivity contribution in [3.05, 3.63) is 17.0 Å². The molecule has 74 valence electrons. The lowest BCUT2D eigenvalue weighted by molar-refractivity contribution is -0.143. The molecule has 0 aliphatic heterocycles. The van der Waals surface area contributed by atoms with Crippen LogP contribution in [0.5, 0.6) is 0 Å². The molecule has 0 saturated heterocycles. The molecule has 13 heavy (non-hydrogen) atoms. The molecule has 1 aromatic heterocycles. The first-order chi connectivity index (χ1) is 6.00. The molecule has 0 aromatic carbocycles. The zero-order valence-corrected chi connectivity index (χ0v) is 6.98. The average molecular weight is 194 g/mol. The number of hydrogen-bond donors (Lipinski definition) is 1. The highest BCUT2D eigenvalue weighted by Crippen LogP contribution is 2.32. The Labute approximate surface area is 72.7 Å². The molecule has 0 atom stereocenters. The highest BCUT2D eigenvalue weighted by atomic mass is 19.4. The van der Waals surface area contributed by atoms with Crippen molar-refractivity contribution in [2.24, 2.45) is 5.73 Å². The Morgan fingerprint density at radius 1 is 1.46 bits per heavy atom. The Bertz CT molecular complexity index is 292. The number of alkyl halides is 3. The molecule has 6 heteroatoms. The van der Waals surface area contributed by atoms with Gasteiger partial charge in [-0.15, -0.1) is 0 Å². The second-order valence-corrected chi connectivity index (χ2v) is 2.49. The Kier molecular flexibility index (Phi) is 2.60. The summed E-state index contributed by atoms with van der Waals surface area (Å²) in [6.07, 6.45) is -4.24. The van der Waals surface area contributed by atoms with E-state index in [-0.39, 0.29) is 24.3 Å². The van der Waals surface area contributed by atoms with Gasteiger partial charge in [0, 0.05) is 5.56 Å². The van der Waals surface area contributed by atoms with E-state index in [1.807, 2.05) is 0 Å². The van der Waals surface area contributed by atoms with Crippen LogP contribution in [0.25, 0.3) is 0 Å². The van der Waals surface area contributed by atoms with E-state index in [0.717, 1.165) is 0 Å². The summed E-state index contributed by atoms with van der Waals surface area (Å²) in [5, 5.41) is 2.95. The molecule has 1 rings (SSSR count). The number of rotatable bonds is 2. The van der Waals surface area contributed by atoms with Gasteiger partial charge in [0.05, 0.1) is 6.54 Å². The van der Waals surface area contributed by atoms with E-state index >= 15 is 0 Å². The molecule has 0 aliphatic carbocycles. The molecule has 3 nitrogen and oxygen atoms in total. The van der Waals surface area contributed by atoms with Gasteiger partial charge in [-0.1, -0.05) is 12.1 Å². The summed E-state index contributed by atoms with van der Waals surface area (Å²) in [6.45, 7) is 1.53. The third kappa shape index (κ3) is 1.82. The van der Waals surface area contributed by atoms with Crippen LogP contribution in [-0.4, -0.2) is 5.16 Å². The maximum atomic E-state index is 12.2. The molecular formula is C7H9F3N2O. The van der Waals surface area contributed by atoms with Crippen LogP contribution in [0.4, 0.5) is 13.2 Å². The molecule has 0 unspecified atom stereocenters. The van der Waals surface area contributed by atoms with E-state index in [9.17, 15) is 13.2 Å². The molecule has 0 radical (unpaired) electrons. The van der Waals surface area contributed by atoms with Crippen molar-refractivity contribution in [3.8, 4) is 0 Å². The maximum absolute atomic E-state index is 12.2. The van der Waals surface area contributed by atoms with Crippen molar-refractivity contribution >= 4 is 0 Å². The molecule has 0 amide bonds. The number of aromatic nitrogens is 1. The molecule has 2 N–H and O–H groups in total. The normalized spacial score (nSPS) is 12.1. The standard InChI is InChI=1S/C7H9F3N2O/c1-2-4-5(3-11)13-12-6(4)7(8,9)10/h2-3,11H2,1H3. The number of nitrogens with zero attached hydrogens (tertiary/aromatic N) is 1. The Morgan fingerprint density at radius 2 is 2.08 bits per heavy atom. The minimum Gasteiger partial charge on any atom is -0.359 e. The summed E-state index contributed by atoms with van der Waals surface area (Å²) in [4.78, 5) is 0. The molecule has 0 spiro atoms. The van der Waals surface area contributed by atoms with E-state index in [2.05, 4.69) is 9.68 Å². The third-order valence-electron chi connectivity index (χ3n) is 1.68. The van der Waals surface area contributed by atoms with Gasteiger partial charge in [-0.3, -0.25) is 0 Å². The highest BCUT2D eigenvalue weighted by molar-refractivity contribution is 5.25. The van der Waals surface area contributed by atoms with E-state index in [1.165, 1.54) is 0 Å². The second kappa shape index (κ2) is 3.37. The minimum absolute atomic E-state index is 0.0509. The van der Waals surface area contributed by atoms with Crippen molar-refractivity contribution in [1.82, 2.24) is 5.16 Å². The zero-order chi connectivity index (χ0) is 10.1. The summed E-state index contributed by atoms with van der Waals surface area (Å²) in [7, 11) is 0. The van der Waals surface area contributed by atoms with Gasteiger partial charge in [0.25, 0.3) is 0 Å². The molecule has 0 aliphatic rings. The predicted molar refractivity (Wildman–Crippen MR) is 38.8 cm³/mol. The fraction of sp³-hybridized carbons (Fsp3) is 0.571. The van der Waals surface area contributed by atoms with E-state index in [1.54, 1.807) is 6.92 Å². The van der Waals surface area contributed by atoms with Gasteiger partial charge in [0.2, 0.25) is 0 Å². The van der Waals surface area contributed by atoms with Crippen molar-refractivity contribution in [3.63, 3.8) is 0 Å². The van der Waals surface area contributed by atoms with Crippen LogP contribution in [0.2, 0.25) is 0 Å². The summed E-state index contributed by atoms with van der Waals surface area (Å²) in [6, 6.07) is 0. The van der Waals surface area contributed by atoms with Gasteiger partial charge in [-0.2, -0.15) is 13.2 Å². The van der Waals surface area contributed by atoms with Crippen LogP contribution >= 0.6 is 0 Å². The summed E-state index contributed by atoms with van der Waals surface area (Å²) >= 11 is 0. The van der Waals surface area contributed by atoms with Crippen molar-refractivity contribution in [2.45, 2.75) is 26.1 Å². The molecule has 1 aromatic rings. The van der Waals surface area contributed by atoms with Gasteiger partial charge < -0.3 is 10.3 Å². The lowest BCUT2D eigenvalue weighted by Crippen LogP contribution is -2.09. The number of nitrogens with two attached hydrogens (primary N) is 1. The Balaban J connectivity index is 3.16. The van der Waals surface area contributed by atoms with Gasteiger partial charge in [-0.25, -0.2) is 0 Å². The second-order valence-electron chi connectivity index (χ2n) is 2.49. The lowest BCUT2D eigenvalue weighted by Gasteiger charge is -2.03. The lowest BCUT2D eigenvalue weighted by atomic mass is 10.1. The molecule has 0 fully saturated rings. The summed E-state index contributed by atoms with van der Waals surface area (Å²) < 4.78 is 41.1. The Morgan fingerprint density at radius 3 is 2.46 bits per heavy atom. The first-order valence-electron chi connectivity index (χ1n) is 3.75. The van der Waals surface area contributed by atoms with Gasteiger partial charge in [-0.05, 0) is 6.42 Å². The van der Waals surface area contributed by atoms with E-state index in [4.69, 9.17) is 5.73 Å². The maximum Gasteiger partial charge on any atom is 0.437 e. The smallest absolute Gasteiger partial charge is 0.359 e. The first-order valence-corrected chi connectivity index (χ1v) is 3.75. The first kappa shape index (κ1) is 10.0. The number of halogens is 3. The third-order valence-corrected chi connectivity index (χ3v) is 1.68. The summed E-state index contributed by atoms with van der Waals surface area (Å²) in [5.74, 6) is 0.106. The number of hydrogen-bond acceptors (Lipinski definition) is 3. The molecule has 0 saturated carbocycles. The van der Waals surface area contributed by atoms with Gasteiger partial charge >= 0.3 is 6.18 Å². The van der Waals surface area contributed by atoms with Crippen LogP contribution in [0.3, 0.4) is 0 Å². The predicted octanol–water partition coefficient (Wildman–Crippen LogP) is 1.71. The van der Waals surface area contributed by atoms with Crippen LogP contribution in [0.15, 0.2) is 4.52 Å². The van der Waals surface area contributed by atoms with Crippen LogP contribution < -0.4 is 5.73 Å². The van der Waals surface area contributed by atoms with Crippen LogP contribution in [0, 0.1) is 0 Å². The van der Waals surface area contributed by atoms with E-state index in [0.29, 0.717) is 0 Å². The fourth-order valence-corrected chi connectivity index (χ4v) is 1.09. The zero-order valence-electron chi connectivity index (χ0n) is 6.98. The molecule has 1 heterocycles. The minimum atomic E-state index is -4.46. The topological polar surface area (TPSA) is 52.0 Å². The van der Waals surface area contributed by atoms with Crippen LogP contribution in [-0.2, 0) is 19.1 Å².